The van der Waals surface area contributed by atoms with Crippen LogP contribution >= 0.6 is 16.0 Å². The van der Waals surface area contributed by atoms with Crippen molar-refractivity contribution < 1.29 is 33.9 Å². The number of benzene rings is 4. The SMILES string of the molecule is CC(C)(C)c1cc(C(C)(C)C)c2op([C]3[CH][CH][CH][CH]3)oc3c(C(C)(C)C)cc(C(C)(C)C)cc3c2c1.CC(C)(C)c1cc(C(C)(C)C)c2op([C]3[CH][CH][CH][CH]3)oc3c(C(C)(C)C)cc(C(C)(C)C)cc3c2c1.[Fe+2]. The van der Waals surface area contributed by atoms with Crippen LogP contribution in [0.15, 0.2) is 65.3 Å². The molecule has 4 aromatic carbocycles. The Kier molecular flexibility index (Phi) is 16.7. The molecule has 0 atom stereocenters. The first-order valence-electron chi connectivity index (χ1n) is 26.3. The average Bonchev–Trinajstić information content (AvgIpc) is 3.91. The van der Waals surface area contributed by atoms with E-state index in [-0.39, 0.29) is 60.4 Å². The molecular weight excluding hydrogens is 975 g/mol. The van der Waals surface area contributed by atoms with E-state index >= 15 is 0 Å². The molecule has 4 nitrogen and oxygen atoms in total. The minimum absolute atomic E-state index is 0. The van der Waals surface area contributed by atoms with Crippen molar-refractivity contribution in [2.45, 2.75) is 209 Å². The topological polar surface area (TPSA) is 52.6 Å². The van der Waals surface area contributed by atoms with Gasteiger partial charge in [0.25, 0.3) is 0 Å². The van der Waals surface area contributed by atoms with Gasteiger partial charge in [0.05, 0.1) is 11.3 Å². The van der Waals surface area contributed by atoms with Gasteiger partial charge in [-0.2, -0.15) is 0 Å². The van der Waals surface area contributed by atoms with Gasteiger partial charge in [-0.05, 0) is 141 Å². The van der Waals surface area contributed by atoms with E-state index in [1.54, 1.807) is 0 Å². The summed E-state index contributed by atoms with van der Waals surface area (Å²) in [5.41, 5.74) is 16.0. The Morgan fingerprint density at radius 3 is 0.589 bits per heavy atom. The second-order valence-electron chi connectivity index (χ2n) is 28.8. The van der Waals surface area contributed by atoms with E-state index in [9.17, 15) is 0 Å². The normalized spacial score (nSPS) is 16.1. The molecule has 7 heteroatoms. The van der Waals surface area contributed by atoms with Gasteiger partial charge in [-0.1, -0.05) is 190 Å². The zero-order valence-electron chi connectivity index (χ0n) is 49.1. The molecule has 0 amide bonds. The summed E-state index contributed by atoms with van der Waals surface area (Å²) in [6, 6.07) is 18.9. The first kappa shape index (κ1) is 59.4. The van der Waals surface area contributed by atoms with Gasteiger partial charge in [0, 0.05) is 43.8 Å². The van der Waals surface area contributed by atoms with Crippen LogP contribution in [0.1, 0.15) is 211 Å². The molecule has 0 unspecified atom stereocenters. The van der Waals surface area contributed by atoms with E-state index in [1.165, 1.54) is 44.5 Å². The summed E-state index contributed by atoms with van der Waals surface area (Å²) in [4.78, 5) is 0. The molecule has 2 heterocycles. The summed E-state index contributed by atoms with van der Waals surface area (Å²) in [7, 11) is -2.66. The largest absolute Gasteiger partial charge is 2.00 e. The fourth-order valence-electron chi connectivity index (χ4n) is 9.22. The molecule has 2 aliphatic rings. The van der Waals surface area contributed by atoms with Crippen LogP contribution in [-0.4, -0.2) is 0 Å². The maximum absolute atomic E-state index is 6.94. The van der Waals surface area contributed by atoms with Crippen molar-refractivity contribution in [1.29, 1.82) is 0 Å². The number of hydrogen-bond donors (Lipinski definition) is 0. The number of fused-ring (bicyclic) bond motifs is 6. The quantitative estimate of drug-likeness (QED) is 0.162. The molecule has 2 aliphatic carbocycles. The molecule has 8 rings (SSSR count). The Morgan fingerprint density at radius 2 is 0.438 bits per heavy atom. The molecule has 10 radical (unpaired) electrons. The summed E-state index contributed by atoms with van der Waals surface area (Å²) in [5.74, 6) is 0. The molecule has 0 saturated heterocycles. The zero-order chi connectivity index (χ0) is 53.7. The minimum Gasteiger partial charge on any atom is -0.418 e. The van der Waals surface area contributed by atoms with Crippen LogP contribution < -0.4 is 0 Å². The fourth-order valence-corrected chi connectivity index (χ4v) is 12.0. The molecule has 2 fully saturated rings. The first-order valence-corrected chi connectivity index (χ1v) is 28.6. The Bertz CT molecular complexity index is 2640. The maximum atomic E-state index is 6.94. The third-order valence-electron chi connectivity index (χ3n) is 14.0. The van der Waals surface area contributed by atoms with Crippen molar-refractivity contribution >= 4 is 59.9 Å². The van der Waals surface area contributed by atoms with Crippen LogP contribution in [0, 0.1) is 62.7 Å². The maximum Gasteiger partial charge on any atom is 2.00 e. The molecule has 0 bridgehead atoms. The monoisotopic (exact) mass is 1060 g/mol. The van der Waals surface area contributed by atoms with Gasteiger partial charge in [-0.25, -0.2) is 0 Å². The molecule has 2 aromatic heterocycles. The van der Waals surface area contributed by atoms with Gasteiger partial charge in [0.15, 0.2) is 0 Å². The van der Waals surface area contributed by atoms with Crippen molar-refractivity contribution in [2.75, 3.05) is 0 Å². The Hall–Kier alpha value is -2.80. The standard InChI is InChI=1S/2C33H44O2P.Fe/c2*1-30(2,3)21-17-24-25-18-22(31(4,5)6)20-27(33(10,11)12)29(25)35-36(23-15-13-14-16-23)34-28(24)26(19-21)32(7,8)9;/h2*13-20H,1-12H3;/q;;+2. The van der Waals surface area contributed by atoms with Crippen molar-refractivity contribution in [3.63, 3.8) is 0 Å². The molecule has 0 N–H and O–H groups in total. The zero-order valence-corrected chi connectivity index (χ0v) is 52.0. The molecule has 6 aromatic rings. The fraction of sp³-hybridized carbons (Fsp3) is 0.485. The molecule has 2 saturated carbocycles. The minimum atomic E-state index is -1.33. The Balaban J connectivity index is 0.000000235. The van der Waals surface area contributed by atoms with Gasteiger partial charge in [0.2, 0.25) is 16.0 Å². The van der Waals surface area contributed by atoms with Crippen molar-refractivity contribution in [3.8, 4) is 0 Å². The van der Waals surface area contributed by atoms with Crippen LogP contribution in [0.4, 0.5) is 0 Å². The molecular formula is C66H88FeO4P2+2. The smallest absolute Gasteiger partial charge is 0.418 e. The predicted octanol–water partition coefficient (Wildman–Crippen LogP) is 21.4. The summed E-state index contributed by atoms with van der Waals surface area (Å²) < 4.78 is 27.8. The van der Waals surface area contributed by atoms with E-state index < -0.39 is 16.0 Å². The number of hydrogen-bond acceptors (Lipinski definition) is 4. The van der Waals surface area contributed by atoms with Crippen LogP contribution in [0.3, 0.4) is 0 Å². The Morgan fingerprint density at radius 1 is 0.260 bits per heavy atom. The van der Waals surface area contributed by atoms with Crippen molar-refractivity contribution in [3.05, 3.63) is 156 Å². The molecule has 0 spiro atoms. The van der Waals surface area contributed by atoms with Crippen LogP contribution in [0.2, 0.25) is 0 Å². The van der Waals surface area contributed by atoms with E-state index in [2.05, 4.69) is 266 Å². The van der Waals surface area contributed by atoms with Crippen LogP contribution in [0.5, 0.6) is 0 Å². The molecule has 73 heavy (non-hydrogen) atoms. The van der Waals surface area contributed by atoms with Gasteiger partial charge < -0.3 is 16.8 Å². The van der Waals surface area contributed by atoms with Crippen molar-refractivity contribution in [1.82, 2.24) is 0 Å². The third-order valence-corrected chi connectivity index (χ3v) is 16.9. The van der Waals surface area contributed by atoms with Gasteiger partial charge >= 0.3 is 17.1 Å². The summed E-state index contributed by atoms with van der Waals surface area (Å²) in [6.07, 6.45) is 16.8. The molecule has 392 valence electrons. The van der Waals surface area contributed by atoms with E-state index in [0.717, 1.165) is 55.2 Å². The third kappa shape index (κ3) is 13.0. The average molecular weight is 1060 g/mol. The summed E-state index contributed by atoms with van der Waals surface area (Å²) in [6.45, 7) is 54.8. The Labute approximate surface area is 456 Å². The van der Waals surface area contributed by atoms with Gasteiger partial charge in [-0.3, -0.25) is 0 Å². The number of rotatable bonds is 2. The van der Waals surface area contributed by atoms with Crippen molar-refractivity contribution in [2.24, 2.45) is 0 Å². The van der Waals surface area contributed by atoms with E-state index in [1.807, 2.05) is 0 Å². The second kappa shape index (κ2) is 20.5. The summed E-state index contributed by atoms with van der Waals surface area (Å²) >= 11 is 0. The van der Waals surface area contributed by atoms with Crippen LogP contribution in [0.25, 0.3) is 43.9 Å². The van der Waals surface area contributed by atoms with E-state index in [0.29, 0.717) is 0 Å². The first-order chi connectivity index (χ1) is 32.7. The predicted molar refractivity (Wildman–Crippen MR) is 314 cm³/mol. The van der Waals surface area contributed by atoms with Gasteiger partial charge in [0.1, 0.15) is 22.3 Å². The van der Waals surface area contributed by atoms with Crippen LogP contribution in [-0.2, 0) is 60.4 Å². The van der Waals surface area contributed by atoms with E-state index in [4.69, 9.17) is 16.8 Å². The molecule has 0 aliphatic heterocycles. The summed E-state index contributed by atoms with van der Waals surface area (Å²) in [5, 5.41) is 4.59. The second-order valence-corrected chi connectivity index (χ2v) is 31.6. The van der Waals surface area contributed by atoms with Gasteiger partial charge in [-0.15, -0.1) is 0 Å².